The van der Waals surface area contributed by atoms with Crippen LogP contribution in [0.1, 0.15) is 101 Å². The van der Waals surface area contributed by atoms with Crippen LogP contribution >= 0.6 is 0 Å². The predicted molar refractivity (Wildman–Crippen MR) is 126 cm³/mol. The molecule has 2 aromatic carbocycles. The van der Waals surface area contributed by atoms with E-state index >= 15 is 0 Å². The van der Waals surface area contributed by atoms with E-state index in [1.54, 1.807) is 0 Å². The smallest absolute Gasteiger partial charge is 0.119 e. The fraction of sp³-hybridized carbons (Fsp3) is 0.538. The van der Waals surface area contributed by atoms with Gasteiger partial charge in [0.1, 0.15) is 11.5 Å². The van der Waals surface area contributed by atoms with E-state index in [4.69, 9.17) is 11.5 Å². The Hall–Kier alpha value is -2.04. The van der Waals surface area contributed by atoms with Gasteiger partial charge in [0.05, 0.1) is 0 Å². The molecule has 4 nitrogen and oxygen atoms in total. The lowest BCUT2D eigenvalue weighted by molar-refractivity contribution is 0.444. The summed E-state index contributed by atoms with van der Waals surface area (Å²) in [6.45, 7) is 15.5. The van der Waals surface area contributed by atoms with Gasteiger partial charge in [-0.05, 0) is 62.8 Å². The van der Waals surface area contributed by atoms with Gasteiger partial charge in [-0.15, -0.1) is 0 Å². The summed E-state index contributed by atoms with van der Waals surface area (Å²) < 4.78 is 0. The molecule has 0 heterocycles. The van der Waals surface area contributed by atoms with Gasteiger partial charge in [0.25, 0.3) is 0 Å². The summed E-state index contributed by atoms with van der Waals surface area (Å²) in [5.74, 6) is 0.680. The van der Waals surface area contributed by atoms with Crippen molar-refractivity contribution in [1.82, 2.24) is 0 Å². The fourth-order valence-corrected chi connectivity index (χ4v) is 4.27. The summed E-state index contributed by atoms with van der Waals surface area (Å²) in [6.07, 6.45) is 1.93. The third-order valence-electron chi connectivity index (χ3n) is 5.90. The second-order valence-corrected chi connectivity index (χ2v) is 10.4. The maximum Gasteiger partial charge on any atom is 0.119 e. The highest BCUT2D eigenvalue weighted by molar-refractivity contribution is 5.53. The van der Waals surface area contributed by atoms with Crippen molar-refractivity contribution in [3.8, 4) is 11.5 Å². The lowest BCUT2D eigenvalue weighted by Gasteiger charge is -2.29. The molecular formula is C26H40N2O2. The first-order chi connectivity index (χ1) is 13.8. The van der Waals surface area contributed by atoms with E-state index < -0.39 is 0 Å². The van der Waals surface area contributed by atoms with Gasteiger partial charge >= 0.3 is 0 Å². The fourth-order valence-electron chi connectivity index (χ4n) is 4.27. The lowest BCUT2D eigenvalue weighted by atomic mass is 9.76. The maximum atomic E-state index is 10.6. The molecule has 0 spiro atoms. The van der Waals surface area contributed by atoms with Crippen molar-refractivity contribution in [1.29, 1.82) is 0 Å². The Morgan fingerprint density at radius 2 is 1.10 bits per heavy atom. The summed E-state index contributed by atoms with van der Waals surface area (Å²) in [6, 6.07) is 7.90. The molecule has 0 saturated carbocycles. The zero-order valence-electron chi connectivity index (χ0n) is 19.8. The minimum atomic E-state index is -0.190. The molecule has 0 unspecified atom stereocenters. The first-order valence-electron chi connectivity index (χ1n) is 11.0. The molecule has 4 heteroatoms. The largest absolute Gasteiger partial charge is 0.508 e. The second kappa shape index (κ2) is 8.99. The van der Waals surface area contributed by atoms with Crippen LogP contribution in [0, 0.1) is 0 Å². The highest BCUT2D eigenvalue weighted by Gasteiger charge is 2.27. The first kappa shape index (κ1) is 24.2. The van der Waals surface area contributed by atoms with Gasteiger partial charge in [-0.3, -0.25) is 0 Å². The zero-order chi connectivity index (χ0) is 22.9. The number of benzene rings is 2. The van der Waals surface area contributed by atoms with E-state index in [1.807, 2.05) is 12.1 Å². The third-order valence-corrected chi connectivity index (χ3v) is 5.90. The standard InChI is InChI=1S/C26H40N2O2/c1-8-9-18(19-12-21(25(2,3)4)23(29)10-16(19)14-27)20-13-22(26(5,6)7)24(30)11-17(20)15-28/h10-13,18,29-30H,8-9,14-15,27-28H2,1-7H3. The molecule has 30 heavy (non-hydrogen) atoms. The van der Waals surface area contributed by atoms with E-state index in [0.29, 0.717) is 24.6 Å². The molecule has 0 fully saturated rings. The van der Waals surface area contributed by atoms with Gasteiger partial charge in [-0.25, -0.2) is 0 Å². The van der Waals surface area contributed by atoms with Gasteiger partial charge < -0.3 is 21.7 Å². The van der Waals surface area contributed by atoms with E-state index in [1.165, 1.54) is 0 Å². The molecule has 6 N–H and O–H groups in total. The minimum absolute atomic E-state index is 0.0931. The Balaban J connectivity index is 2.83. The maximum absolute atomic E-state index is 10.6. The molecule has 0 bridgehead atoms. The van der Waals surface area contributed by atoms with E-state index in [0.717, 1.165) is 46.2 Å². The van der Waals surface area contributed by atoms with Gasteiger partial charge in [-0.1, -0.05) is 67.0 Å². The highest BCUT2D eigenvalue weighted by Crippen LogP contribution is 2.42. The van der Waals surface area contributed by atoms with Gasteiger partial charge in [0, 0.05) is 19.0 Å². The molecule has 0 saturated heterocycles. The Kier molecular flexibility index (Phi) is 7.26. The number of hydrogen-bond donors (Lipinski definition) is 4. The third kappa shape index (κ3) is 4.98. The molecule has 166 valence electrons. The Labute approximate surface area is 182 Å². The van der Waals surface area contributed by atoms with Gasteiger partial charge in [0.15, 0.2) is 0 Å². The van der Waals surface area contributed by atoms with Crippen molar-refractivity contribution in [3.05, 3.63) is 57.6 Å². The van der Waals surface area contributed by atoms with Crippen molar-refractivity contribution in [3.63, 3.8) is 0 Å². The topological polar surface area (TPSA) is 92.5 Å². The summed E-state index contributed by atoms with van der Waals surface area (Å²) >= 11 is 0. The first-order valence-corrected chi connectivity index (χ1v) is 11.0. The molecule has 0 aliphatic rings. The Morgan fingerprint density at radius 3 is 1.37 bits per heavy atom. The number of nitrogens with two attached hydrogens (primary N) is 2. The zero-order valence-corrected chi connectivity index (χ0v) is 19.8. The van der Waals surface area contributed by atoms with Crippen LogP contribution in [-0.2, 0) is 23.9 Å². The van der Waals surface area contributed by atoms with Gasteiger partial charge in [-0.2, -0.15) is 0 Å². The summed E-state index contributed by atoms with van der Waals surface area (Å²) in [5.41, 5.74) is 17.9. The van der Waals surface area contributed by atoms with Gasteiger partial charge in [0.2, 0.25) is 0 Å². The molecule has 0 aromatic heterocycles. The molecule has 0 amide bonds. The van der Waals surface area contributed by atoms with Crippen molar-refractivity contribution in [2.24, 2.45) is 11.5 Å². The average molecular weight is 413 g/mol. The minimum Gasteiger partial charge on any atom is -0.508 e. The van der Waals surface area contributed by atoms with Crippen LogP contribution in [0.3, 0.4) is 0 Å². The number of hydrogen-bond acceptors (Lipinski definition) is 4. The predicted octanol–water partition coefficient (Wildman–Crippen LogP) is 5.54. The van der Waals surface area contributed by atoms with Crippen LogP contribution in [0.25, 0.3) is 0 Å². The molecule has 0 aliphatic heterocycles. The molecule has 0 radical (unpaired) electrons. The number of phenolic OH excluding ortho intramolecular Hbond substituents is 2. The number of rotatable bonds is 6. The summed E-state index contributed by atoms with van der Waals surface area (Å²) in [7, 11) is 0. The van der Waals surface area contributed by atoms with Crippen LogP contribution in [0.4, 0.5) is 0 Å². The van der Waals surface area contributed by atoms with E-state index in [2.05, 4.69) is 60.6 Å². The summed E-state index contributed by atoms with van der Waals surface area (Å²) in [4.78, 5) is 0. The van der Waals surface area contributed by atoms with E-state index in [-0.39, 0.29) is 16.7 Å². The average Bonchev–Trinajstić information content (AvgIpc) is 2.64. The van der Waals surface area contributed by atoms with E-state index in [9.17, 15) is 10.2 Å². The molecule has 2 aromatic rings. The molecule has 0 aliphatic carbocycles. The normalized spacial score (nSPS) is 12.6. The Morgan fingerprint density at radius 1 is 0.733 bits per heavy atom. The lowest BCUT2D eigenvalue weighted by Crippen LogP contribution is -2.18. The van der Waals surface area contributed by atoms with Crippen LogP contribution < -0.4 is 11.5 Å². The quantitative estimate of drug-likeness (QED) is 0.501. The molecule has 2 rings (SSSR count). The molecule has 0 atom stereocenters. The monoisotopic (exact) mass is 412 g/mol. The van der Waals surface area contributed by atoms with Crippen LogP contribution in [0.2, 0.25) is 0 Å². The van der Waals surface area contributed by atoms with Crippen molar-refractivity contribution in [2.75, 3.05) is 0 Å². The van der Waals surface area contributed by atoms with Crippen molar-refractivity contribution in [2.45, 2.75) is 91.1 Å². The highest BCUT2D eigenvalue weighted by atomic mass is 16.3. The van der Waals surface area contributed by atoms with Crippen LogP contribution in [0.15, 0.2) is 24.3 Å². The second-order valence-electron chi connectivity index (χ2n) is 10.4. The number of aromatic hydroxyl groups is 2. The van der Waals surface area contributed by atoms with Crippen molar-refractivity contribution >= 4 is 0 Å². The van der Waals surface area contributed by atoms with Crippen LogP contribution in [-0.4, -0.2) is 10.2 Å². The van der Waals surface area contributed by atoms with Crippen LogP contribution in [0.5, 0.6) is 11.5 Å². The van der Waals surface area contributed by atoms with Crippen molar-refractivity contribution < 1.29 is 10.2 Å². The summed E-state index contributed by atoms with van der Waals surface area (Å²) in [5, 5.41) is 21.3. The number of phenols is 2. The molecular weight excluding hydrogens is 372 g/mol. The SMILES string of the molecule is CCCC(c1cc(C(C)(C)C)c(O)cc1CN)c1cc(C(C)(C)C)c(O)cc1CN. The Bertz CT molecular complexity index is 818.